The lowest BCUT2D eigenvalue weighted by Crippen LogP contribution is -2.60. The van der Waals surface area contributed by atoms with Gasteiger partial charge in [-0.25, -0.2) is 4.79 Å². The fourth-order valence-corrected chi connectivity index (χ4v) is 5.91. The molecule has 3 atom stereocenters. The minimum absolute atomic E-state index is 0.0475. The molecule has 0 unspecified atom stereocenters. The number of nitrogens with one attached hydrogen (secondary N) is 2. The Hall–Kier alpha value is -5.32. The first-order valence-electron chi connectivity index (χ1n) is 16.6. The highest BCUT2D eigenvalue weighted by Gasteiger charge is 2.41. The van der Waals surface area contributed by atoms with Crippen LogP contribution in [0.25, 0.3) is 0 Å². The average Bonchev–Trinajstić information content (AvgIpc) is 3.56. The van der Waals surface area contributed by atoms with E-state index in [9.17, 15) is 19.2 Å². The Morgan fingerprint density at radius 3 is 2.20 bits per heavy atom. The van der Waals surface area contributed by atoms with Crippen molar-refractivity contribution < 1.29 is 28.3 Å². The summed E-state index contributed by atoms with van der Waals surface area (Å²) in [6.45, 7) is 9.45. The molecule has 2 heterocycles. The number of hydrogen-bond donors (Lipinski definition) is 2. The number of ketones is 1. The van der Waals surface area contributed by atoms with Crippen LogP contribution in [0.5, 0.6) is 0 Å². The third-order valence-electron chi connectivity index (χ3n) is 8.62. The predicted octanol–water partition coefficient (Wildman–Crippen LogP) is 5.20. The lowest BCUT2D eigenvalue weighted by Gasteiger charge is -2.39. The number of nitrogens with zero attached hydrogens (tertiary/aromatic N) is 3. The van der Waals surface area contributed by atoms with Crippen molar-refractivity contribution in [2.45, 2.75) is 78.7 Å². The molecular formula is C38H43N5O6. The monoisotopic (exact) mass is 665 g/mol. The van der Waals surface area contributed by atoms with Crippen molar-refractivity contribution in [3.8, 4) is 0 Å². The van der Waals surface area contributed by atoms with Crippen molar-refractivity contribution >= 4 is 23.7 Å². The fourth-order valence-electron chi connectivity index (χ4n) is 5.91. The van der Waals surface area contributed by atoms with E-state index < -0.39 is 41.8 Å². The first-order chi connectivity index (χ1) is 23.5. The Bertz CT molecular complexity index is 1790. The molecular weight excluding hydrogens is 622 g/mol. The predicted molar refractivity (Wildman–Crippen MR) is 182 cm³/mol. The van der Waals surface area contributed by atoms with Gasteiger partial charge in [0, 0.05) is 13.0 Å². The first-order valence-corrected chi connectivity index (χ1v) is 16.6. The molecule has 0 bridgehead atoms. The lowest BCUT2D eigenvalue weighted by atomic mass is 9.91. The van der Waals surface area contributed by atoms with Gasteiger partial charge in [0.25, 0.3) is 5.89 Å². The number of ether oxygens (including phenoxy) is 1. The van der Waals surface area contributed by atoms with E-state index in [0.29, 0.717) is 6.42 Å². The fraction of sp³-hybridized carbons (Fsp3) is 0.368. The number of aryl methyl sites for hydroxylation is 1. The number of rotatable bonds is 12. The Labute approximate surface area is 286 Å². The second-order valence-electron chi connectivity index (χ2n) is 13.1. The van der Waals surface area contributed by atoms with Crippen LogP contribution in [-0.2, 0) is 40.3 Å². The van der Waals surface area contributed by atoms with Crippen molar-refractivity contribution in [1.82, 2.24) is 25.7 Å². The molecule has 0 saturated carbocycles. The van der Waals surface area contributed by atoms with Crippen LogP contribution < -0.4 is 10.6 Å². The standard InChI is InChI=1S/C38H43N5O6/c1-23(2)32(34(44)36-42-41-31(49-36)19-27-15-11-12-25(5)18-27)39-35(45)30-20-28-16-9-10-17-29(28)21-43(30)37(46)33(24(3)4)40-38(47)48-22-26-13-7-6-8-14-26/h6-18,23-24,30,32-33H,19-22H2,1-5H3,(H,39,45)(H,40,47)/t30-,32-,33-/m0/s1. The molecule has 11 nitrogen and oxygen atoms in total. The topological polar surface area (TPSA) is 144 Å². The van der Waals surface area contributed by atoms with Gasteiger partial charge in [-0.2, -0.15) is 0 Å². The van der Waals surface area contributed by atoms with E-state index in [0.717, 1.165) is 27.8 Å². The average molecular weight is 666 g/mol. The maximum absolute atomic E-state index is 14.2. The van der Waals surface area contributed by atoms with Gasteiger partial charge in [0.05, 0.1) is 12.5 Å². The smallest absolute Gasteiger partial charge is 0.408 e. The van der Waals surface area contributed by atoms with E-state index in [1.54, 1.807) is 0 Å². The number of carbonyl (C=O) groups excluding carboxylic acids is 4. The van der Waals surface area contributed by atoms with E-state index in [-0.39, 0.29) is 43.2 Å². The molecule has 256 valence electrons. The first kappa shape index (κ1) is 35.0. The molecule has 49 heavy (non-hydrogen) atoms. The van der Waals surface area contributed by atoms with Gasteiger partial charge in [0.15, 0.2) is 0 Å². The Kier molecular flexibility index (Phi) is 11.2. The van der Waals surface area contributed by atoms with Crippen molar-refractivity contribution in [1.29, 1.82) is 0 Å². The van der Waals surface area contributed by atoms with Crippen molar-refractivity contribution in [2.24, 2.45) is 11.8 Å². The van der Waals surface area contributed by atoms with Gasteiger partial charge >= 0.3 is 6.09 Å². The number of amides is 3. The largest absolute Gasteiger partial charge is 0.445 e. The molecule has 2 N–H and O–H groups in total. The molecule has 0 radical (unpaired) electrons. The summed E-state index contributed by atoms with van der Waals surface area (Å²) in [5.74, 6) is -1.97. The molecule has 0 fully saturated rings. The third kappa shape index (κ3) is 8.78. The number of benzene rings is 3. The van der Waals surface area contributed by atoms with Crippen LogP contribution in [0.4, 0.5) is 4.79 Å². The highest BCUT2D eigenvalue weighted by molar-refractivity contribution is 6.00. The molecule has 11 heteroatoms. The van der Waals surface area contributed by atoms with Gasteiger partial charge in [-0.1, -0.05) is 112 Å². The normalized spacial score (nSPS) is 15.3. The summed E-state index contributed by atoms with van der Waals surface area (Å²) >= 11 is 0. The summed E-state index contributed by atoms with van der Waals surface area (Å²) in [6, 6.07) is 21.8. The maximum atomic E-state index is 14.2. The summed E-state index contributed by atoms with van der Waals surface area (Å²) in [7, 11) is 0. The van der Waals surface area contributed by atoms with Crippen molar-refractivity contribution in [3.05, 3.63) is 118 Å². The molecule has 4 aromatic rings. The van der Waals surface area contributed by atoms with Crippen LogP contribution in [-0.4, -0.2) is 56.9 Å². The number of carbonyl (C=O) groups is 4. The van der Waals surface area contributed by atoms with E-state index in [1.165, 1.54) is 4.90 Å². The van der Waals surface area contributed by atoms with Gasteiger partial charge in [-0.15, -0.1) is 10.2 Å². The number of Topliss-reactive ketones (excluding diaryl/α,β-unsaturated/α-hetero) is 1. The van der Waals surface area contributed by atoms with E-state index in [1.807, 2.05) is 113 Å². The van der Waals surface area contributed by atoms with E-state index in [2.05, 4.69) is 20.8 Å². The Morgan fingerprint density at radius 2 is 1.51 bits per heavy atom. The number of alkyl carbamates (subject to hydrolysis) is 1. The van der Waals surface area contributed by atoms with Crippen LogP contribution in [0, 0.1) is 18.8 Å². The number of fused-ring (bicyclic) bond motifs is 1. The highest BCUT2D eigenvalue weighted by Crippen LogP contribution is 2.26. The second-order valence-corrected chi connectivity index (χ2v) is 13.1. The van der Waals surface area contributed by atoms with Gasteiger partial charge in [0.1, 0.15) is 18.7 Å². The molecule has 3 amide bonds. The lowest BCUT2D eigenvalue weighted by molar-refractivity contribution is -0.144. The quantitative estimate of drug-likeness (QED) is 0.197. The maximum Gasteiger partial charge on any atom is 0.408 e. The van der Waals surface area contributed by atoms with Crippen molar-refractivity contribution in [2.75, 3.05) is 0 Å². The second kappa shape index (κ2) is 15.7. The van der Waals surface area contributed by atoms with Crippen LogP contribution in [0.1, 0.15) is 72.1 Å². The molecule has 5 rings (SSSR count). The number of aromatic nitrogens is 2. The molecule has 0 aliphatic carbocycles. The molecule has 1 aromatic heterocycles. The van der Waals surface area contributed by atoms with Gasteiger partial charge in [0.2, 0.25) is 23.5 Å². The van der Waals surface area contributed by atoms with E-state index >= 15 is 0 Å². The zero-order chi connectivity index (χ0) is 35.1. The van der Waals surface area contributed by atoms with Gasteiger partial charge < -0.3 is 24.7 Å². The minimum atomic E-state index is -0.985. The minimum Gasteiger partial charge on any atom is -0.445 e. The van der Waals surface area contributed by atoms with Gasteiger partial charge in [-0.05, 0) is 41.0 Å². The Balaban J connectivity index is 1.33. The summed E-state index contributed by atoms with van der Waals surface area (Å²) in [6.07, 6.45) is -0.137. The van der Waals surface area contributed by atoms with Crippen LogP contribution in [0.15, 0.2) is 83.3 Å². The zero-order valence-corrected chi connectivity index (χ0v) is 28.5. The van der Waals surface area contributed by atoms with Gasteiger partial charge in [-0.3, -0.25) is 14.4 Å². The Morgan fingerprint density at radius 1 is 0.837 bits per heavy atom. The molecule has 1 aliphatic rings. The summed E-state index contributed by atoms with van der Waals surface area (Å²) in [5.41, 5.74) is 4.70. The molecule has 0 spiro atoms. The SMILES string of the molecule is Cc1cccc(Cc2nnc(C(=O)[C@@H](NC(=O)[C@@H]3Cc4ccccc4CN3C(=O)[C@@H](NC(=O)OCc3ccccc3)C(C)C)C(C)C)o2)c1. The third-order valence-corrected chi connectivity index (χ3v) is 8.62. The van der Waals surface area contributed by atoms with Crippen molar-refractivity contribution in [3.63, 3.8) is 0 Å². The van der Waals surface area contributed by atoms with E-state index in [4.69, 9.17) is 9.15 Å². The summed E-state index contributed by atoms with van der Waals surface area (Å²) < 4.78 is 11.2. The summed E-state index contributed by atoms with van der Waals surface area (Å²) in [5, 5.41) is 13.7. The zero-order valence-electron chi connectivity index (χ0n) is 28.5. The molecule has 3 aromatic carbocycles. The van der Waals surface area contributed by atoms with Crippen LogP contribution >= 0.6 is 0 Å². The summed E-state index contributed by atoms with van der Waals surface area (Å²) in [4.78, 5) is 56.3. The van der Waals surface area contributed by atoms with Crippen LogP contribution in [0.2, 0.25) is 0 Å². The highest BCUT2D eigenvalue weighted by atomic mass is 16.5. The van der Waals surface area contributed by atoms with Crippen LogP contribution in [0.3, 0.4) is 0 Å². The number of hydrogen-bond acceptors (Lipinski definition) is 8. The molecule has 1 aliphatic heterocycles. The molecule has 0 saturated heterocycles.